The largest absolute Gasteiger partial charge is 0.430 e. The van der Waals surface area contributed by atoms with Crippen molar-refractivity contribution in [2.45, 2.75) is 20.8 Å². The van der Waals surface area contributed by atoms with Gasteiger partial charge in [-0.15, -0.1) is 0 Å². The number of carbonyl (C=O) groups excluding carboxylic acids is 2. The maximum atomic E-state index is 11.9. The number of nitrogens with zero attached hydrogens (tertiary/aromatic N) is 1. The Labute approximate surface area is 111 Å². The van der Waals surface area contributed by atoms with E-state index in [0.717, 1.165) is 11.3 Å². The van der Waals surface area contributed by atoms with Crippen LogP contribution in [0.3, 0.4) is 0 Å². The fraction of sp³-hybridized carbons (Fsp3) is 0.267. The molecule has 0 bridgehead atoms. The highest BCUT2D eigenvalue weighted by Crippen LogP contribution is 2.20. The van der Waals surface area contributed by atoms with Gasteiger partial charge >= 0.3 is 5.97 Å². The van der Waals surface area contributed by atoms with E-state index in [9.17, 15) is 9.59 Å². The van der Waals surface area contributed by atoms with E-state index < -0.39 is 11.9 Å². The first-order valence-corrected chi connectivity index (χ1v) is 6.03. The lowest BCUT2D eigenvalue weighted by molar-refractivity contribution is -0.146. The second-order valence-corrected chi connectivity index (χ2v) is 4.60. The lowest BCUT2D eigenvalue weighted by Crippen LogP contribution is -2.34. The Hall–Kier alpha value is -2.23. The lowest BCUT2D eigenvalue weighted by atomic mass is 9.96. The molecular formula is C15H15NO3. The first kappa shape index (κ1) is 13.2. The van der Waals surface area contributed by atoms with Crippen molar-refractivity contribution in [3.8, 4) is 0 Å². The minimum absolute atomic E-state index is 0.275. The van der Waals surface area contributed by atoms with Gasteiger partial charge in [0.25, 0.3) is 0 Å². The Morgan fingerprint density at radius 2 is 2.00 bits per heavy atom. The molecule has 0 N–H and O–H groups in total. The van der Waals surface area contributed by atoms with E-state index in [-0.39, 0.29) is 5.78 Å². The molecule has 1 atom stereocenters. The molecule has 1 aliphatic rings. The predicted molar refractivity (Wildman–Crippen MR) is 72.3 cm³/mol. The Morgan fingerprint density at radius 3 is 2.63 bits per heavy atom. The third kappa shape index (κ3) is 2.96. The molecule has 1 aromatic carbocycles. The molecule has 1 aliphatic heterocycles. The summed E-state index contributed by atoms with van der Waals surface area (Å²) in [5.74, 6) is -1.43. The summed E-state index contributed by atoms with van der Waals surface area (Å²) in [6.07, 6.45) is 1.33. The summed E-state index contributed by atoms with van der Waals surface area (Å²) in [6, 6.07) is 7.56. The van der Waals surface area contributed by atoms with Crippen LogP contribution in [-0.4, -0.2) is 17.5 Å². The van der Waals surface area contributed by atoms with E-state index in [2.05, 4.69) is 4.99 Å². The molecule has 0 radical (unpaired) electrons. The zero-order chi connectivity index (χ0) is 14.0. The second-order valence-electron chi connectivity index (χ2n) is 4.60. The monoisotopic (exact) mass is 257 g/mol. The van der Waals surface area contributed by atoms with Gasteiger partial charge in [0.2, 0.25) is 0 Å². The highest BCUT2D eigenvalue weighted by molar-refractivity contribution is 6.23. The maximum absolute atomic E-state index is 11.9. The van der Waals surface area contributed by atoms with Crippen LogP contribution in [0.1, 0.15) is 19.4 Å². The summed E-state index contributed by atoms with van der Waals surface area (Å²) in [6.45, 7) is 5.21. The Kier molecular flexibility index (Phi) is 3.60. The first-order valence-electron chi connectivity index (χ1n) is 6.03. The van der Waals surface area contributed by atoms with Gasteiger partial charge in [0.15, 0.2) is 11.7 Å². The number of cyclic esters (lactones) is 1. The van der Waals surface area contributed by atoms with Crippen LogP contribution in [0.25, 0.3) is 0 Å². The molecule has 1 aromatic rings. The molecule has 0 fully saturated rings. The highest BCUT2D eigenvalue weighted by Gasteiger charge is 2.33. The number of ether oxygens (including phenoxy) is 1. The van der Waals surface area contributed by atoms with Gasteiger partial charge in [-0.3, -0.25) is 14.6 Å². The number of ketones is 1. The molecule has 0 aromatic heterocycles. The average molecular weight is 257 g/mol. The van der Waals surface area contributed by atoms with Crippen molar-refractivity contribution < 1.29 is 14.3 Å². The quantitative estimate of drug-likeness (QED) is 0.465. The number of rotatable bonds is 2. The highest BCUT2D eigenvalue weighted by atomic mass is 16.5. The molecule has 0 saturated heterocycles. The van der Waals surface area contributed by atoms with Crippen LogP contribution in [-0.2, 0) is 14.3 Å². The van der Waals surface area contributed by atoms with Gasteiger partial charge in [0.05, 0.1) is 5.69 Å². The number of benzene rings is 1. The van der Waals surface area contributed by atoms with Crippen LogP contribution >= 0.6 is 0 Å². The third-order valence-electron chi connectivity index (χ3n) is 2.85. The molecule has 1 unspecified atom stereocenters. The van der Waals surface area contributed by atoms with Crippen molar-refractivity contribution in [2.24, 2.45) is 10.9 Å². The second kappa shape index (κ2) is 5.18. The molecule has 1 heterocycles. The van der Waals surface area contributed by atoms with Crippen molar-refractivity contribution in [1.82, 2.24) is 0 Å². The summed E-state index contributed by atoms with van der Waals surface area (Å²) in [4.78, 5) is 27.9. The van der Waals surface area contributed by atoms with Gasteiger partial charge in [0.1, 0.15) is 5.76 Å². The number of esters is 1. The van der Waals surface area contributed by atoms with Gasteiger partial charge in [-0.25, -0.2) is 0 Å². The van der Waals surface area contributed by atoms with E-state index >= 15 is 0 Å². The number of aryl methyl sites for hydroxylation is 1. The third-order valence-corrected chi connectivity index (χ3v) is 2.85. The van der Waals surface area contributed by atoms with E-state index in [1.807, 2.05) is 31.2 Å². The van der Waals surface area contributed by atoms with Crippen LogP contribution in [0.2, 0.25) is 0 Å². The van der Waals surface area contributed by atoms with Crippen molar-refractivity contribution in [1.29, 1.82) is 0 Å². The Bertz CT molecular complexity index is 599. The number of hydrogen-bond donors (Lipinski definition) is 0. The van der Waals surface area contributed by atoms with Gasteiger partial charge < -0.3 is 4.74 Å². The smallest absolute Gasteiger partial charge is 0.327 e. The molecule has 0 aliphatic carbocycles. The minimum atomic E-state index is -0.927. The predicted octanol–water partition coefficient (Wildman–Crippen LogP) is 2.73. The van der Waals surface area contributed by atoms with Crippen LogP contribution < -0.4 is 0 Å². The number of aliphatic imine (C=N–C) groups is 1. The number of allylic oxidation sites excluding steroid dienone is 2. The molecule has 98 valence electrons. The molecule has 0 saturated carbocycles. The van der Waals surface area contributed by atoms with Crippen LogP contribution in [0, 0.1) is 12.8 Å². The van der Waals surface area contributed by atoms with E-state index in [4.69, 9.17) is 4.74 Å². The van der Waals surface area contributed by atoms with Crippen molar-refractivity contribution in [3.63, 3.8) is 0 Å². The molecular weight excluding hydrogens is 242 g/mol. The van der Waals surface area contributed by atoms with E-state index in [0.29, 0.717) is 11.5 Å². The topological polar surface area (TPSA) is 55.7 Å². The zero-order valence-electron chi connectivity index (χ0n) is 11.1. The Morgan fingerprint density at radius 1 is 1.26 bits per heavy atom. The summed E-state index contributed by atoms with van der Waals surface area (Å²) < 4.78 is 4.97. The summed E-state index contributed by atoms with van der Waals surface area (Å²) in [5, 5.41) is 0. The molecule has 4 heteroatoms. The SMILES string of the molecule is CC1=CC(=O)C(C(C)=Nc2cccc(C)c2)C(=O)O1. The Balaban J connectivity index is 2.31. The molecule has 2 rings (SSSR count). The van der Waals surface area contributed by atoms with Crippen LogP contribution in [0.15, 0.2) is 41.1 Å². The number of carbonyl (C=O) groups is 2. The molecule has 19 heavy (non-hydrogen) atoms. The summed E-state index contributed by atoms with van der Waals surface area (Å²) in [5.41, 5.74) is 2.25. The molecule has 4 nitrogen and oxygen atoms in total. The van der Waals surface area contributed by atoms with Gasteiger partial charge in [-0.2, -0.15) is 0 Å². The molecule has 0 amide bonds. The zero-order valence-corrected chi connectivity index (χ0v) is 11.1. The fourth-order valence-corrected chi connectivity index (χ4v) is 1.99. The van der Waals surface area contributed by atoms with Crippen LogP contribution in [0.4, 0.5) is 5.69 Å². The average Bonchev–Trinajstić information content (AvgIpc) is 2.27. The van der Waals surface area contributed by atoms with Crippen molar-refractivity contribution in [3.05, 3.63) is 41.7 Å². The van der Waals surface area contributed by atoms with Crippen molar-refractivity contribution in [2.75, 3.05) is 0 Å². The molecule has 0 spiro atoms. The normalized spacial score (nSPS) is 20.1. The maximum Gasteiger partial charge on any atom is 0.327 e. The number of hydrogen-bond acceptors (Lipinski definition) is 4. The summed E-state index contributed by atoms with van der Waals surface area (Å²) >= 11 is 0. The van der Waals surface area contributed by atoms with Gasteiger partial charge in [-0.1, -0.05) is 12.1 Å². The van der Waals surface area contributed by atoms with Gasteiger partial charge in [-0.05, 0) is 38.5 Å². The van der Waals surface area contributed by atoms with E-state index in [1.165, 1.54) is 6.08 Å². The fourth-order valence-electron chi connectivity index (χ4n) is 1.99. The minimum Gasteiger partial charge on any atom is -0.430 e. The first-order chi connectivity index (χ1) is 8.97. The van der Waals surface area contributed by atoms with Crippen molar-refractivity contribution >= 4 is 23.2 Å². The standard InChI is InChI=1S/C15H15NO3/c1-9-5-4-6-12(7-9)16-11(3)14-13(17)8-10(2)19-15(14)18/h4-8,14H,1-3H3. The lowest BCUT2D eigenvalue weighted by Gasteiger charge is -2.18. The van der Waals surface area contributed by atoms with E-state index in [1.54, 1.807) is 13.8 Å². The summed E-state index contributed by atoms with van der Waals surface area (Å²) in [7, 11) is 0. The van der Waals surface area contributed by atoms with Crippen LogP contribution in [0.5, 0.6) is 0 Å². The van der Waals surface area contributed by atoms with Gasteiger partial charge in [0, 0.05) is 11.8 Å².